The fourth-order valence-electron chi connectivity index (χ4n) is 4.54. The number of fused-ring (bicyclic) bond motifs is 2. The summed E-state index contributed by atoms with van der Waals surface area (Å²) >= 11 is 6.11. The molecule has 0 radical (unpaired) electrons. The summed E-state index contributed by atoms with van der Waals surface area (Å²) in [4.78, 5) is 16.7. The van der Waals surface area contributed by atoms with Crippen molar-refractivity contribution in [1.29, 1.82) is 0 Å². The summed E-state index contributed by atoms with van der Waals surface area (Å²) in [6.07, 6.45) is 3.38. The molecule has 1 heterocycles. The number of benzene rings is 3. The zero-order valence-corrected chi connectivity index (χ0v) is 21.2. The Bertz CT molecular complexity index is 1330. The van der Waals surface area contributed by atoms with Crippen LogP contribution in [-0.4, -0.2) is 42.4 Å². The normalized spacial score (nSPS) is 15.9. The zero-order chi connectivity index (χ0) is 25.2. The van der Waals surface area contributed by atoms with Crippen LogP contribution in [0.1, 0.15) is 43.1 Å². The van der Waals surface area contributed by atoms with E-state index < -0.39 is 17.7 Å². The molecule has 0 amide bonds. The van der Waals surface area contributed by atoms with Crippen molar-refractivity contribution in [3.05, 3.63) is 71.3 Å². The largest absolute Gasteiger partial charge is 0.493 e. The maximum absolute atomic E-state index is 12.6. The molecule has 182 valence electrons. The van der Waals surface area contributed by atoms with Crippen molar-refractivity contribution in [2.45, 2.75) is 38.9 Å². The molecule has 3 aromatic carbocycles. The number of nitrogens with zero attached hydrogens (tertiary/aromatic N) is 1. The van der Waals surface area contributed by atoms with Gasteiger partial charge in [-0.15, -0.1) is 11.6 Å². The van der Waals surface area contributed by atoms with Gasteiger partial charge in [0.15, 0.2) is 6.10 Å². The Labute approximate surface area is 211 Å². The van der Waals surface area contributed by atoms with Gasteiger partial charge in [-0.3, -0.25) is 4.99 Å². The third kappa shape index (κ3) is 5.12. The minimum Gasteiger partial charge on any atom is -0.493 e. The number of hydrogen-bond donors (Lipinski definition) is 1. The van der Waals surface area contributed by atoms with Crippen molar-refractivity contribution < 1.29 is 19.4 Å². The molecule has 1 aliphatic rings. The van der Waals surface area contributed by atoms with Crippen molar-refractivity contribution in [3.63, 3.8) is 0 Å². The number of halogens is 1. The van der Waals surface area contributed by atoms with Gasteiger partial charge in [0.1, 0.15) is 5.75 Å². The molecule has 0 bridgehead atoms. The van der Waals surface area contributed by atoms with Gasteiger partial charge in [-0.1, -0.05) is 36.4 Å². The van der Waals surface area contributed by atoms with Crippen LogP contribution in [0.3, 0.4) is 0 Å². The maximum Gasteiger partial charge on any atom is 0.337 e. The Morgan fingerprint density at radius 1 is 1.26 bits per heavy atom. The topological polar surface area (TPSA) is 68.1 Å². The SMILES string of the molecule is C/N=C\C=C1\CCOc2ccc(-c3c([C@H](OC(C)(C)CCl)C(=O)O)c(C)cc4ccccc34)cc21. The van der Waals surface area contributed by atoms with Crippen LogP contribution in [0.4, 0.5) is 0 Å². The van der Waals surface area contributed by atoms with Gasteiger partial charge in [0, 0.05) is 30.8 Å². The maximum atomic E-state index is 12.6. The van der Waals surface area contributed by atoms with Crippen molar-refractivity contribution in [3.8, 4) is 16.9 Å². The number of ether oxygens (including phenoxy) is 2. The lowest BCUT2D eigenvalue weighted by molar-refractivity contribution is -0.160. The van der Waals surface area contributed by atoms with Crippen LogP contribution in [0.5, 0.6) is 5.75 Å². The Hall–Kier alpha value is -3.15. The first-order valence-corrected chi connectivity index (χ1v) is 12.2. The van der Waals surface area contributed by atoms with Gasteiger partial charge in [-0.2, -0.15) is 0 Å². The minimum absolute atomic E-state index is 0.169. The quantitative estimate of drug-likeness (QED) is 0.290. The highest BCUT2D eigenvalue weighted by molar-refractivity contribution is 6.18. The standard InChI is InChI=1S/C29H30ClNO4/c1-18-15-20-7-5-6-8-22(20)26(25(18)27(28(32)33)35-29(2,3)17-30)21-9-10-24-23(16-21)19(11-13-31-4)12-14-34-24/h5-11,13,15-16,27H,12,14,17H2,1-4H3,(H,32,33)/b19-11-,31-13-/t27-/m0/s1. The second kappa shape index (κ2) is 10.2. The van der Waals surface area contributed by atoms with Crippen LogP contribution < -0.4 is 4.74 Å². The molecule has 1 atom stereocenters. The first-order valence-electron chi connectivity index (χ1n) is 11.6. The first kappa shape index (κ1) is 25.0. The molecule has 0 saturated heterocycles. The van der Waals surface area contributed by atoms with E-state index >= 15 is 0 Å². The lowest BCUT2D eigenvalue weighted by Gasteiger charge is -2.30. The zero-order valence-electron chi connectivity index (χ0n) is 20.5. The number of rotatable bonds is 7. The summed E-state index contributed by atoms with van der Waals surface area (Å²) in [5, 5.41) is 12.3. The van der Waals surface area contributed by atoms with Crippen molar-refractivity contribution in [2.75, 3.05) is 19.5 Å². The van der Waals surface area contributed by atoms with Gasteiger partial charge in [-0.05, 0) is 72.0 Å². The summed E-state index contributed by atoms with van der Waals surface area (Å²) in [7, 11) is 1.74. The number of aryl methyl sites for hydroxylation is 1. The Morgan fingerprint density at radius 3 is 2.74 bits per heavy atom. The smallest absolute Gasteiger partial charge is 0.337 e. The van der Waals surface area contributed by atoms with Gasteiger partial charge in [0.05, 0.1) is 18.1 Å². The summed E-state index contributed by atoms with van der Waals surface area (Å²) in [6.45, 7) is 6.14. The third-order valence-electron chi connectivity index (χ3n) is 6.21. The van der Waals surface area contributed by atoms with Crippen molar-refractivity contribution >= 4 is 40.1 Å². The molecule has 0 spiro atoms. The minimum atomic E-state index is -1.18. The monoisotopic (exact) mass is 491 g/mol. The lowest BCUT2D eigenvalue weighted by Crippen LogP contribution is -2.32. The van der Waals surface area contributed by atoms with Gasteiger partial charge in [-0.25, -0.2) is 4.79 Å². The van der Waals surface area contributed by atoms with Crippen LogP contribution in [-0.2, 0) is 9.53 Å². The van der Waals surface area contributed by atoms with E-state index in [1.807, 2.05) is 55.5 Å². The van der Waals surface area contributed by atoms with Crippen LogP contribution >= 0.6 is 11.6 Å². The van der Waals surface area contributed by atoms with Crippen molar-refractivity contribution in [2.24, 2.45) is 4.99 Å². The predicted octanol–water partition coefficient (Wildman–Crippen LogP) is 6.84. The molecule has 0 aromatic heterocycles. The van der Waals surface area contributed by atoms with Gasteiger partial charge in [0.25, 0.3) is 0 Å². The number of allylic oxidation sites excluding steroid dienone is 1. The van der Waals surface area contributed by atoms with E-state index in [1.54, 1.807) is 27.1 Å². The van der Waals surface area contributed by atoms with E-state index in [2.05, 4.69) is 11.1 Å². The molecule has 0 saturated carbocycles. The highest BCUT2D eigenvalue weighted by atomic mass is 35.5. The van der Waals surface area contributed by atoms with Crippen LogP contribution in [0, 0.1) is 6.92 Å². The van der Waals surface area contributed by atoms with Gasteiger partial charge >= 0.3 is 5.97 Å². The molecule has 1 N–H and O–H groups in total. The van der Waals surface area contributed by atoms with E-state index in [0.717, 1.165) is 50.8 Å². The third-order valence-corrected chi connectivity index (χ3v) is 6.85. The van der Waals surface area contributed by atoms with Gasteiger partial charge in [0.2, 0.25) is 0 Å². The summed E-state index contributed by atoms with van der Waals surface area (Å²) in [6, 6.07) is 16.1. The summed E-state index contributed by atoms with van der Waals surface area (Å²) in [5.74, 6) is -0.0744. The lowest BCUT2D eigenvalue weighted by atomic mass is 9.85. The molecule has 5 nitrogen and oxygen atoms in total. The van der Waals surface area contributed by atoms with E-state index in [9.17, 15) is 9.90 Å². The molecular weight excluding hydrogens is 462 g/mol. The number of carboxylic acids is 1. The van der Waals surface area contributed by atoms with Gasteiger partial charge < -0.3 is 14.6 Å². The van der Waals surface area contributed by atoms with Crippen molar-refractivity contribution in [1.82, 2.24) is 0 Å². The second-order valence-electron chi connectivity index (χ2n) is 9.34. The summed E-state index contributed by atoms with van der Waals surface area (Å²) in [5.41, 5.74) is 4.52. The molecule has 0 fully saturated rings. The fourth-order valence-corrected chi connectivity index (χ4v) is 4.60. The molecular formula is C29H30ClNO4. The molecule has 0 unspecified atom stereocenters. The van der Waals surface area contributed by atoms with E-state index in [4.69, 9.17) is 21.1 Å². The highest BCUT2D eigenvalue weighted by Crippen LogP contribution is 2.43. The summed E-state index contributed by atoms with van der Waals surface area (Å²) < 4.78 is 12.0. The molecule has 1 aliphatic heterocycles. The number of aliphatic imine (C=N–C) groups is 1. The average Bonchev–Trinajstić information content (AvgIpc) is 2.85. The molecule has 3 aromatic rings. The van der Waals surface area contributed by atoms with Crippen LogP contribution in [0.15, 0.2) is 59.6 Å². The molecule has 4 rings (SSSR count). The number of carbonyl (C=O) groups is 1. The highest BCUT2D eigenvalue weighted by Gasteiger charge is 2.33. The fraction of sp³-hybridized carbons (Fsp3) is 0.310. The van der Waals surface area contributed by atoms with E-state index in [1.165, 1.54) is 0 Å². The van der Waals surface area contributed by atoms with Crippen LogP contribution in [0.25, 0.3) is 27.5 Å². The number of carboxylic acid groups (broad SMARTS) is 1. The molecule has 6 heteroatoms. The Morgan fingerprint density at radius 2 is 2.03 bits per heavy atom. The first-order chi connectivity index (χ1) is 16.8. The number of hydrogen-bond acceptors (Lipinski definition) is 4. The Balaban J connectivity index is 2.01. The number of aliphatic carboxylic acids is 1. The number of alkyl halides is 1. The average molecular weight is 492 g/mol. The van der Waals surface area contributed by atoms with E-state index in [0.29, 0.717) is 12.2 Å². The van der Waals surface area contributed by atoms with E-state index in [-0.39, 0.29) is 5.88 Å². The molecule has 35 heavy (non-hydrogen) atoms. The molecule has 0 aliphatic carbocycles. The Kier molecular flexibility index (Phi) is 7.29. The van der Waals surface area contributed by atoms with Crippen LogP contribution in [0.2, 0.25) is 0 Å². The predicted molar refractivity (Wildman–Crippen MR) is 143 cm³/mol. The second-order valence-corrected chi connectivity index (χ2v) is 9.61.